The molecule has 2 aromatic heterocycles. The molecule has 3 aromatic rings. The molecule has 0 radical (unpaired) electrons. The summed E-state index contributed by atoms with van der Waals surface area (Å²) in [4.78, 5) is 14.7. The monoisotopic (exact) mass is 395 g/mol. The number of fused-ring (bicyclic) bond motifs is 1. The number of aromatic nitrogens is 2. The van der Waals surface area contributed by atoms with Gasteiger partial charge in [0.15, 0.2) is 6.61 Å². The number of hydrogen-bond acceptors (Lipinski definition) is 5. The first kappa shape index (κ1) is 19.1. The van der Waals surface area contributed by atoms with E-state index in [-0.39, 0.29) is 12.5 Å². The quantitative estimate of drug-likeness (QED) is 0.586. The van der Waals surface area contributed by atoms with Crippen LogP contribution in [0.25, 0.3) is 0 Å². The van der Waals surface area contributed by atoms with Crippen molar-refractivity contribution < 1.29 is 18.7 Å². The molecule has 0 fully saturated rings. The lowest BCUT2D eigenvalue weighted by Crippen LogP contribution is -2.34. The standard InChI is InChI=1S/C22H25N3O4/c1-24-21-10-4-9-19(21)20(23-24)14-25(13-18-8-5-11-28-18)22(26)15-29-17-7-3-6-16(12-17)27-2/h3,5-8,11-12H,4,9-10,13-15H2,1-2H3. The third-order valence-electron chi connectivity index (χ3n) is 5.22. The molecule has 1 amide bonds. The number of amides is 1. The predicted octanol–water partition coefficient (Wildman–Crippen LogP) is 3.12. The molecule has 1 aliphatic carbocycles. The van der Waals surface area contributed by atoms with E-state index in [1.165, 1.54) is 11.3 Å². The van der Waals surface area contributed by atoms with E-state index in [1.807, 2.05) is 36.0 Å². The molecule has 0 bridgehead atoms. The fourth-order valence-corrected chi connectivity index (χ4v) is 3.76. The number of carbonyl (C=O) groups is 1. The van der Waals surface area contributed by atoms with E-state index in [4.69, 9.17) is 13.9 Å². The van der Waals surface area contributed by atoms with Crippen molar-refractivity contribution in [3.63, 3.8) is 0 Å². The molecule has 0 saturated carbocycles. The third-order valence-corrected chi connectivity index (χ3v) is 5.22. The maximum atomic E-state index is 13.0. The Labute approximate surface area is 169 Å². The summed E-state index contributed by atoms with van der Waals surface area (Å²) in [5, 5.41) is 4.66. The van der Waals surface area contributed by atoms with Crippen molar-refractivity contribution in [3.05, 3.63) is 65.4 Å². The number of rotatable bonds is 8. The summed E-state index contributed by atoms with van der Waals surface area (Å²) < 4.78 is 18.3. The summed E-state index contributed by atoms with van der Waals surface area (Å²) in [6.07, 6.45) is 4.81. The Bertz CT molecular complexity index is 978. The highest BCUT2D eigenvalue weighted by atomic mass is 16.5. The van der Waals surface area contributed by atoms with E-state index in [0.717, 1.165) is 30.7 Å². The van der Waals surface area contributed by atoms with Crippen molar-refractivity contribution in [2.75, 3.05) is 13.7 Å². The zero-order valence-electron chi connectivity index (χ0n) is 16.8. The molecule has 4 rings (SSSR count). The van der Waals surface area contributed by atoms with Crippen molar-refractivity contribution in [2.24, 2.45) is 7.05 Å². The summed E-state index contributed by atoms with van der Waals surface area (Å²) in [5.74, 6) is 1.88. The van der Waals surface area contributed by atoms with Gasteiger partial charge in [0, 0.05) is 18.8 Å². The van der Waals surface area contributed by atoms with E-state index >= 15 is 0 Å². The molecule has 2 heterocycles. The van der Waals surface area contributed by atoms with Crippen LogP contribution in [-0.2, 0) is 37.8 Å². The van der Waals surface area contributed by atoms with Crippen LogP contribution >= 0.6 is 0 Å². The molecule has 29 heavy (non-hydrogen) atoms. The molecule has 0 saturated heterocycles. The molecule has 0 N–H and O–H groups in total. The van der Waals surface area contributed by atoms with Crippen LogP contribution in [0.1, 0.15) is 29.1 Å². The Morgan fingerprint density at radius 3 is 2.86 bits per heavy atom. The van der Waals surface area contributed by atoms with Crippen molar-refractivity contribution in [2.45, 2.75) is 32.4 Å². The lowest BCUT2D eigenvalue weighted by atomic mass is 10.2. The second-order valence-corrected chi connectivity index (χ2v) is 7.15. The van der Waals surface area contributed by atoms with Gasteiger partial charge in [-0.3, -0.25) is 9.48 Å². The number of aryl methyl sites for hydroxylation is 1. The van der Waals surface area contributed by atoms with Gasteiger partial charge in [0.25, 0.3) is 5.91 Å². The van der Waals surface area contributed by atoms with Crippen molar-refractivity contribution in [3.8, 4) is 11.5 Å². The summed E-state index contributed by atoms with van der Waals surface area (Å²) in [7, 11) is 3.57. The molecule has 7 nitrogen and oxygen atoms in total. The van der Waals surface area contributed by atoms with Gasteiger partial charge in [0.2, 0.25) is 0 Å². The Morgan fingerprint density at radius 1 is 1.21 bits per heavy atom. The number of carbonyl (C=O) groups excluding carboxylic acids is 1. The minimum Gasteiger partial charge on any atom is -0.497 e. The van der Waals surface area contributed by atoms with Gasteiger partial charge in [-0.15, -0.1) is 0 Å². The van der Waals surface area contributed by atoms with E-state index in [1.54, 1.807) is 30.4 Å². The molecule has 152 valence electrons. The zero-order valence-corrected chi connectivity index (χ0v) is 16.8. The van der Waals surface area contributed by atoms with Crippen molar-refractivity contribution in [1.29, 1.82) is 0 Å². The summed E-state index contributed by atoms with van der Waals surface area (Å²) in [5.41, 5.74) is 3.51. The van der Waals surface area contributed by atoms with Crippen LogP contribution in [0.15, 0.2) is 47.1 Å². The Balaban J connectivity index is 1.49. The number of benzene rings is 1. The number of ether oxygens (including phenoxy) is 2. The van der Waals surface area contributed by atoms with E-state index in [0.29, 0.717) is 24.6 Å². The zero-order chi connectivity index (χ0) is 20.2. The van der Waals surface area contributed by atoms with Crippen molar-refractivity contribution in [1.82, 2.24) is 14.7 Å². The molecule has 7 heteroatoms. The minimum absolute atomic E-state index is 0.0666. The maximum absolute atomic E-state index is 13.0. The van der Waals surface area contributed by atoms with Gasteiger partial charge in [-0.1, -0.05) is 6.07 Å². The van der Waals surface area contributed by atoms with Gasteiger partial charge in [0.05, 0.1) is 32.2 Å². The van der Waals surface area contributed by atoms with Crippen LogP contribution in [0.4, 0.5) is 0 Å². The highest BCUT2D eigenvalue weighted by Gasteiger charge is 2.25. The first-order valence-corrected chi connectivity index (χ1v) is 9.74. The SMILES string of the molecule is COc1cccc(OCC(=O)N(Cc2ccco2)Cc2nn(C)c3c2CCC3)c1. The molecule has 0 unspecified atom stereocenters. The summed E-state index contributed by atoms with van der Waals surface area (Å²) in [6.45, 7) is 0.742. The molecular weight excluding hydrogens is 370 g/mol. The molecule has 1 aromatic carbocycles. The molecule has 0 aliphatic heterocycles. The van der Waals surface area contributed by atoms with Gasteiger partial charge in [-0.2, -0.15) is 5.10 Å². The highest BCUT2D eigenvalue weighted by Crippen LogP contribution is 2.26. The second kappa shape index (κ2) is 8.43. The minimum atomic E-state index is -0.124. The topological polar surface area (TPSA) is 69.7 Å². The number of furan rings is 1. The van der Waals surface area contributed by atoms with Crippen LogP contribution in [-0.4, -0.2) is 34.3 Å². The number of hydrogen-bond donors (Lipinski definition) is 0. The van der Waals surface area contributed by atoms with E-state index < -0.39 is 0 Å². The Kier molecular flexibility index (Phi) is 5.55. The summed E-state index contributed by atoms with van der Waals surface area (Å²) in [6, 6.07) is 10.9. The van der Waals surface area contributed by atoms with Gasteiger partial charge < -0.3 is 18.8 Å². The van der Waals surface area contributed by atoms with Gasteiger partial charge in [-0.05, 0) is 49.1 Å². The van der Waals surface area contributed by atoms with Crippen LogP contribution < -0.4 is 9.47 Å². The fourth-order valence-electron chi connectivity index (χ4n) is 3.76. The average molecular weight is 395 g/mol. The Morgan fingerprint density at radius 2 is 2.07 bits per heavy atom. The molecule has 0 atom stereocenters. The highest BCUT2D eigenvalue weighted by molar-refractivity contribution is 5.77. The normalized spacial score (nSPS) is 12.6. The van der Waals surface area contributed by atoms with Gasteiger partial charge in [-0.25, -0.2) is 0 Å². The average Bonchev–Trinajstić information content (AvgIpc) is 3.47. The van der Waals surface area contributed by atoms with Crippen LogP contribution in [0, 0.1) is 0 Å². The second-order valence-electron chi connectivity index (χ2n) is 7.15. The van der Waals surface area contributed by atoms with E-state index in [2.05, 4.69) is 5.10 Å². The van der Waals surface area contributed by atoms with Gasteiger partial charge >= 0.3 is 0 Å². The predicted molar refractivity (Wildman–Crippen MR) is 107 cm³/mol. The molecular formula is C22H25N3O4. The van der Waals surface area contributed by atoms with E-state index in [9.17, 15) is 4.79 Å². The first-order valence-electron chi connectivity index (χ1n) is 9.74. The smallest absolute Gasteiger partial charge is 0.261 e. The molecule has 1 aliphatic rings. The summed E-state index contributed by atoms with van der Waals surface area (Å²) >= 11 is 0. The number of methoxy groups -OCH3 is 1. The number of nitrogens with zero attached hydrogens (tertiary/aromatic N) is 3. The largest absolute Gasteiger partial charge is 0.497 e. The fraction of sp³-hybridized carbons (Fsp3) is 0.364. The first-order chi connectivity index (χ1) is 14.1. The van der Waals surface area contributed by atoms with Gasteiger partial charge in [0.1, 0.15) is 17.3 Å². The lowest BCUT2D eigenvalue weighted by molar-refractivity contribution is -0.135. The molecule has 0 spiro atoms. The van der Waals surface area contributed by atoms with Crippen LogP contribution in [0.5, 0.6) is 11.5 Å². The Hall–Kier alpha value is -3.22. The third kappa shape index (κ3) is 4.29. The van der Waals surface area contributed by atoms with Crippen LogP contribution in [0.2, 0.25) is 0 Å². The van der Waals surface area contributed by atoms with Crippen molar-refractivity contribution >= 4 is 5.91 Å². The van der Waals surface area contributed by atoms with Crippen LogP contribution in [0.3, 0.4) is 0 Å². The maximum Gasteiger partial charge on any atom is 0.261 e. The lowest BCUT2D eigenvalue weighted by Gasteiger charge is -2.21.